The van der Waals surface area contributed by atoms with E-state index in [4.69, 9.17) is 5.11 Å². The van der Waals surface area contributed by atoms with Crippen molar-refractivity contribution in [2.45, 2.75) is 0 Å². The molecule has 2 heterocycles. The smallest absolute Gasteiger partial charge is 0.337 e. The van der Waals surface area contributed by atoms with E-state index in [9.17, 15) is 14.0 Å². The number of fused-ring (bicyclic) bond motifs is 1. The number of halogens is 1. The largest absolute Gasteiger partial charge is 0.478 e. The molecule has 2 aromatic heterocycles. The topological polar surface area (TPSA) is 58.8 Å². The maximum atomic E-state index is 12.8. The Morgan fingerprint density at radius 3 is 2.67 bits per heavy atom. The third kappa shape index (κ3) is 1.48. The van der Waals surface area contributed by atoms with Crippen LogP contribution in [0.2, 0.25) is 0 Å². The van der Waals surface area contributed by atoms with Crippen LogP contribution >= 0.6 is 0 Å². The first-order chi connectivity index (χ1) is 7.09. The molecule has 0 unspecified atom stereocenters. The van der Waals surface area contributed by atoms with Crippen molar-refractivity contribution in [1.82, 2.24) is 4.40 Å². The Bertz CT molecular complexity index is 603. The van der Waals surface area contributed by atoms with Gasteiger partial charge in [0.25, 0.3) is 5.56 Å². The van der Waals surface area contributed by atoms with E-state index in [1.54, 1.807) is 0 Å². The summed E-state index contributed by atoms with van der Waals surface area (Å²) < 4.78 is 13.8. The third-order valence-electron chi connectivity index (χ3n) is 2.05. The molecule has 0 aliphatic rings. The number of aromatic nitrogens is 1. The highest BCUT2D eigenvalue weighted by Gasteiger charge is 2.09. The fourth-order valence-electron chi connectivity index (χ4n) is 1.38. The molecule has 4 nitrogen and oxygen atoms in total. The molecule has 0 aliphatic carbocycles. The summed E-state index contributed by atoms with van der Waals surface area (Å²) >= 11 is 0. The van der Waals surface area contributed by atoms with Crippen LogP contribution in [0.15, 0.2) is 35.3 Å². The first-order valence-electron chi connectivity index (χ1n) is 4.14. The molecular formula is C10H6FNO3. The van der Waals surface area contributed by atoms with Crippen LogP contribution in [-0.4, -0.2) is 15.5 Å². The molecule has 0 aromatic carbocycles. The number of hydrogen-bond acceptors (Lipinski definition) is 2. The lowest BCUT2D eigenvalue weighted by atomic mass is 10.2. The predicted molar refractivity (Wildman–Crippen MR) is 50.6 cm³/mol. The number of hydrogen-bond donors (Lipinski definition) is 1. The van der Waals surface area contributed by atoms with E-state index in [0.29, 0.717) is 0 Å². The molecule has 2 rings (SSSR count). The van der Waals surface area contributed by atoms with Gasteiger partial charge in [0.15, 0.2) is 0 Å². The van der Waals surface area contributed by atoms with Gasteiger partial charge in [-0.15, -0.1) is 0 Å². The zero-order valence-corrected chi connectivity index (χ0v) is 7.48. The number of pyridine rings is 2. The summed E-state index contributed by atoms with van der Waals surface area (Å²) in [6.45, 7) is 0. The van der Waals surface area contributed by atoms with Crippen molar-refractivity contribution < 1.29 is 14.3 Å². The minimum Gasteiger partial charge on any atom is -0.478 e. The first kappa shape index (κ1) is 9.39. The second-order valence-electron chi connectivity index (χ2n) is 2.99. The lowest BCUT2D eigenvalue weighted by molar-refractivity contribution is 0.0698. The molecule has 2 aromatic rings. The van der Waals surface area contributed by atoms with Crippen LogP contribution < -0.4 is 5.56 Å². The quantitative estimate of drug-likeness (QED) is 0.762. The van der Waals surface area contributed by atoms with Crippen molar-refractivity contribution in [2.75, 3.05) is 0 Å². The van der Waals surface area contributed by atoms with E-state index >= 15 is 0 Å². The molecule has 5 heteroatoms. The zero-order chi connectivity index (χ0) is 11.0. The van der Waals surface area contributed by atoms with Crippen LogP contribution in [0.4, 0.5) is 4.39 Å². The van der Waals surface area contributed by atoms with Gasteiger partial charge >= 0.3 is 5.97 Å². The Labute approximate surface area is 83.2 Å². The number of nitrogens with zero attached hydrogens (tertiary/aromatic N) is 1. The average molecular weight is 207 g/mol. The molecule has 15 heavy (non-hydrogen) atoms. The minimum absolute atomic E-state index is 0.0328. The summed E-state index contributed by atoms with van der Waals surface area (Å²) in [7, 11) is 0. The zero-order valence-electron chi connectivity index (χ0n) is 7.48. The van der Waals surface area contributed by atoms with Gasteiger partial charge in [0, 0.05) is 12.3 Å². The van der Waals surface area contributed by atoms with E-state index in [1.807, 2.05) is 0 Å². The Morgan fingerprint density at radius 1 is 1.27 bits per heavy atom. The van der Waals surface area contributed by atoms with Crippen molar-refractivity contribution in [2.24, 2.45) is 0 Å². The second kappa shape index (κ2) is 3.20. The van der Waals surface area contributed by atoms with Crippen LogP contribution in [-0.2, 0) is 0 Å². The van der Waals surface area contributed by atoms with Crippen molar-refractivity contribution in [3.63, 3.8) is 0 Å². The number of rotatable bonds is 1. The second-order valence-corrected chi connectivity index (χ2v) is 2.99. The highest BCUT2D eigenvalue weighted by molar-refractivity contribution is 5.95. The van der Waals surface area contributed by atoms with Crippen LogP contribution in [0.3, 0.4) is 0 Å². The Kier molecular flexibility index (Phi) is 2.00. The van der Waals surface area contributed by atoms with Crippen LogP contribution in [0.1, 0.15) is 10.4 Å². The van der Waals surface area contributed by atoms with Crippen LogP contribution in [0.5, 0.6) is 0 Å². The van der Waals surface area contributed by atoms with Crippen molar-refractivity contribution in [3.05, 3.63) is 52.2 Å². The van der Waals surface area contributed by atoms with Crippen LogP contribution in [0, 0.1) is 5.82 Å². The van der Waals surface area contributed by atoms with E-state index in [2.05, 4.69) is 0 Å². The summed E-state index contributed by atoms with van der Waals surface area (Å²) in [5.74, 6) is -1.74. The molecule has 0 saturated heterocycles. The van der Waals surface area contributed by atoms with Gasteiger partial charge in [-0.25, -0.2) is 9.18 Å². The summed E-state index contributed by atoms with van der Waals surface area (Å²) in [5, 5.41) is 8.83. The molecule has 0 spiro atoms. The van der Waals surface area contributed by atoms with Crippen LogP contribution in [0.25, 0.3) is 5.52 Å². The molecule has 0 radical (unpaired) electrons. The maximum Gasteiger partial charge on any atom is 0.337 e. The molecule has 0 amide bonds. The molecule has 0 aliphatic heterocycles. The highest BCUT2D eigenvalue weighted by atomic mass is 19.1. The van der Waals surface area contributed by atoms with Gasteiger partial charge in [-0.05, 0) is 18.2 Å². The van der Waals surface area contributed by atoms with E-state index in [1.165, 1.54) is 12.1 Å². The molecule has 0 bridgehead atoms. The van der Waals surface area contributed by atoms with Gasteiger partial charge in [0.2, 0.25) is 0 Å². The fraction of sp³-hybridized carbons (Fsp3) is 0. The lowest BCUT2D eigenvalue weighted by Crippen LogP contribution is -2.15. The fourth-order valence-corrected chi connectivity index (χ4v) is 1.38. The highest BCUT2D eigenvalue weighted by Crippen LogP contribution is 2.09. The van der Waals surface area contributed by atoms with Crippen molar-refractivity contribution >= 4 is 11.5 Å². The lowest BCUT2D eigenvalue weighted by Gasteiger charge is -2.03. The normalized spacial score (nSPS) is 10.5. The molecule has 1 N–H and O–H groups in total. The molecule has 76 valence electrons. The third-order valence-corrected chi connectivity index (χ3v) is 2.05. The number of carboxylic acid groups (broad SMARTS) is 1. The number of aromatic carboxylic acids is 1. The molecule has 0 saturated carbocycles. The predicted octanol–water partition coefficient (Wildman–Crippen LogP) is 1.14. The van der Waals surface area contributed by atoms with E-state index in [-0.39, 0.29) is 11.1 Å². The minimum atomic E-state index is -1.15. The first-order valence-corrected chi connectivity index (χ1v) is 4.14. The van der Waals surface area contributed by atoms with Gasteiger partial charge in [0.1, 0.15) is 5.82 Å². The average Bonchev–Trinajstić information content (AvgIpc) is 2.19. The SMILES string of the molecule is O=C(O)c1ccc(=O)n2cc(F)ccc12. The maximum absolute atomic E-state index is 12.8. The monoisotopic (exact) mass is 207 g/mol. The van der Waals surface area contributed by atoms with Gasteiger partial charge in [-0.2, -0.15) is 0 Å². The van der Waals surface area contributed by atoms with E-state index in [0.717, 1.165) is 22.7 Å². The van der Waals surface area contributed by atoms with Crippen molar-refractivity contribution in [1.29, 1.82) is 0 Å². The Hall–Kier alpha value is -2.17. The molecule has 0 atom stereocenters. The van der Waals surface area contributed by atoms with Gasteiger partial charge in [-0.3, -0.25) is 9.20 Å². The van der Waals surface area contributed by atoms with Gasteiger partial charge < -0.3 is 5.11 Å². The summed E-state index contributed by atoms with van der Waals surface area (Å²) in [4.78, 5) is 22.1. The van der Waals surface area contributed by atoms with Gasteiger partial charge in [-0.1, -0.05) is 0 Å². The Balaban J connectivity index is 2.95. The summed E-state index contributed by atoms with van der Waals surface area (Å²) in [5.41, 5.74) is -0.319. The molecule has 0 fully saturated rings. The summed E-state index contributed by atoms with van der Waals surface area (Å²) in [6.07, 6.45) is 0.962. The number of carboxylic acids is 1. The Morgan fingerprint density at radius 2 is 2.00 bits per heavy atom. The number of carbonyl (C=O) groups is 1. The van der Waals surface area contributed by atoms with E-state index < -0.39 is 17.3 Å². The standard InChI is InChI=1S/C10H6FNO3/c11-6-1-3-8-7(10(14)15)2-4-9(13)12(8)5-6/h1-5H,(H,14,15). The molecular weight excluding hydrogens is 201 g/mol. The summed E-state index contributed by atoms with van der Waals surface area (Å²) in [6, 6.07) is 4.68. The van der Waals surface area contributed by atoms with Crippen molar-refractivity contribution in [3.8, 4) is 0 Å². The van der Waals surface area contributed by atoms with Gasteiger partial charge in [0.05, 0.1) is 11.1 Å².